The Morgan fingerprint density at radius 1 is 1.04 bits per heavy atom. The highest BCUT2D eigenvalue weighted by atomic mass is 16.6. The zero-order valence-corrected chi connectivity index (χ0v) is 14.9. The lowest BCUT2D eigenvalue weighted by atomic mass is 10.1. The fourth-order valence-electron chi connectivity index (χ4n) is 2.25. The molecule has 11 heteroatoms. The molecule has 0 aromatic heterocycles. The second kappa shape index (κ2) is 8.58. The summed E-state index contributed by atoms with van der Waals surface area (Å²) in [5.41, 5.74) is -0.167. The predicted octanol–water partition coefficient (Wildman–Crippen LogP) is 2.73. The molecule has 2 rings (SSSR count). The quantitative estimate of drug-likeness (QED) is 0.417. The number of nitro benzene ring substituents is 2. The van der Waals surface area contributed by atoms with Crippen LogP contribution < -0.4 is 10.6 Å². The van der Waals surface area contributed by atoms with E-state index in [0.29, 0.717) is 5.69 Å². The number of hydrogen-bond donors (Lipinski definition) is 2. The van der Waals surface area contributed by atoms with Gasteiger partial charge in [-0.25, -0.2) is 4.79 Å². The normalized spacial score (nSPS) is 11.2. The molecule has 0 saturated heterocycles. The van der Waals surface area contributed by atoms with E-state index in [9.17, 15) is 29.8 Å². The minimum absolute atomic E-state index is 0.105. The van der Waals surface area contributed by atoms with E-state index in [1.807, 2.05) is 0 Å². The first-order valence-corrected chi connectivity index (χ1v) is 7.95. The zero-order valence-electron chi connectivity index (χ0n) is 14.9. The fourth-order valence-corrected chi connectivity index (χ4v) is 2.25. The van der Waals surface area contributed by atoms with Crippen molar-refractivity contribution in [1.82, 2.24) is 0 Å². The van der Waals surface area contributed by atoms with Gasteiger partial charge in [-0.2, -0.15) is 0 Å². The van der Waals surface area contributed by atoms with Gasteiger partial charge in [-0.3, -0.25) is 25.0 Å². The van der Waals surface area contributed by atoms with Crippen LogP contribution in [0.25, 0.3) is 0 Å². The smallest absolute Gasteiger partial charge is 0.341 e. The number of nitrogens with zero attached hydrogens (tertiary/aromatic N) is 2. The number of nitro groups is 2. The highest BCUT2D eigenvalue weighted by Gasteiger charge is 2.23. The van der Waals surface area contributed by atoms with Gasteiger partial charge in [0, 0.05) is 42.7 Å². The van der Waals surface area contributed by atoms with Crippen molar-refractivity contribution in [3.8, 4) is 0 Å². The standard InChI is InChI=1S/C17H16N4O7/c1-10(16(22)19-11-4-3-5-12(8-11)20(24)25)28-17(23)14-9-13(21(26)27)6-7-15(14)18-2/h3-10,18H,1-2H3,(H,19,22). The number of ether oxygens (including phenoxy) is 1. The number of hydrogen-bond acceptors (Lipinski definition) is 8. The van der Waals surface area contributed by atoms with E-state index in [2.05, 4.69) is 10.6 Å². The van der Waals surface area contributed by atoms with Crippen LogP contribution in [0.2, 0.25) is 0 Å². The lowest BCUT2D eigenvalue weighted by Crippen LogP contribution is -2.30. The molecule has 0 bridgehead atoms. The van der Waals surface area contributed by atoms with Crippen LogP contribution in [-0.2, 0) is 9.53 Å². The molecular formula is C17H16N4O7. The number of carbonyl (C=O) groups is 2. The number of nitrogens with one attached hydrogen (secondary N) is 2. The van der Waals surface area contributed by atoms with Crippen LogP contribution >= 0.6 is 0 Å². The fraction of sp³-hybridized carbons (Fsp3) is 0.176. The topological polar surface area (TPSA) is 154 Å². The highest BCUT2D eigenvalue weighted by molar-refractivity contribution is 6.00. The second-order valence-corrected chi connectivity index (χ2v) is 5.58. The minimum atomic E-state index is -1.25. The average molecular weight is 388 g/mol. The molecule has 2 N–H and O–H groups in total. The highest BCUT2D eigenvalue weighted by Crippen LogP contribution is 2.23. The molecule has 0 aliphatic carbocycles. The molecule has 28 heavy (non-hydrogen) atoms. The second-order valence-electron chi connectivity index (χ2n) is 5.58. The molecule has 0 aliphatic heterocycles. The van der Waals surface area contributed by atoms with Crippen molar-refractivity contribution in [2.24, 2.45) is 0 Å². The van der Waals surface area contributed by atoms with Crippen molar-refractivity contribution >= 4 is 34.6 Å². The van der Waals surface area contributed by atoms with Gasteiger partial charge in [0.15, 0.2) is 6.10 Å². The van der Waals surface area contributed by atoms with E-state index in [1.54, 1.807) is 0 Å². The van der Waals surface area contributed by atoms with Crippen molar-refractivity contribution in [3.05, 3.63) is 68.3 Å². The van der Waals surface area contributed by atoms with Gasteiger partial charge in [0.1, 0.15) is 0 Å². The summed E-state index contributed by atoms with van der Waals surface area (Å²) in [5, 5.41) is 26.8. The maximum atomic E-state index is 12.4. The van der Waals surface area contributed by atoms with E-state index in [0.717, 1.165) is 12.1 Å². The summed E-state index contributed by atoms with van der Waals surface area (Å²) < 4.78 is 5.08. The Morgan fingerprint density at radius 2 is 1.68 bits per heavy atom. The van der Waals surface area contributed by atoms with Crippen molar-refractivity contribution in [2.45, 2.75) is 13.0 Å². The molecule has 0 radical (unpaired) electrons. The Kier molecular flexibility index (Phi) is 6.22. The molecule has 1 unspecified atom stereocenters. The van der Waals surface area contributed by atoms with Gasteiger partial charge in [0.05, 0.1) is 15.4 Å². The maximum Gasteiger partial charge on any atom is 0.341 e. The molecular weight excluding hydrogens is 372 g/mol. The Bertz CT molecular complexity index is 945. The first kappa shape index (κ1) is 20.3. The number of anilines is 2. The van der Waals surface area contributed by atoms with Gasteiger partial charge in [-0.05, 0) is 19.1 Å². The van der Waals surface area contributed by atoms with Crippen LogP contribution in [0, 0.1) is 20.2 Å². The number of esters is 1. The predicted molar refractivity (Wildman–Crippen MR) is 99.2 cm³/mol. The molecule has 0 aliphatic rings. The van der Waals surface area contributed by atoms with Crippen molar-refractivity contribution < 1.29 is 24.2 Å². The van der Waals surface area contributed by atoms with Crippen molar-refractivity contribution in [1.29, 1.82) is 0 Å². The van der Waals surface area contributed by atoms with Crippen LogP contribution in [-0.4, -0.2) is 34.9 Å². The average Bonchev–Trinajstić information content (AvgIpc) is 2.67. The minimum Gasteiger partial charge on any atom is -0.449 e. The largest absolute Gasteiger partial charge is 0.449 e. The van der Waals surface area contributed by atoms with E-state index < -0.39 is 27.8 Å². The molecule has 11 nitrogen and oxygen atoms in total. The Balaban J connectivity index is 2.12. The van der Waals surface area contributed by atoms with Gasteiger partial charge < -0.3 is 15.4 Å². The Hall–Kier alpha value is -4.02. The Morgan fingerprint density at radius 3 is 2.29 bits per heavy atom. The molecule has 0 heterocycles. The summed E-state index contributed by atoms with van der Waals surface area (Å²) in [5.74, 6) is -1.65. The number of non-ortho nitro benzene ring substituents is 2. The molecule has 0 saturated carbocycles. The van der Waals surface area contributed by atoms with E-state index in [4.69, 9.17) is 4.74 Å². The summed E-state index contributed by atoms with van der Waals surface area (Å²) in [6.07, 6.45) is -1.25. The summed E-state index contributed by atoms with van der Waals surface area (Å²) in [4.78, 5) is 45.0. The monoisotopic (exact) mass is 388 g/mol. The van der Waals surface area contributed by atoms with Gasteiger partial charge >= 0.3 is 5.97 Å². The van der Waals surface area contributed by atoms with Gasteiger partial charge in [0.25, 0.3) is 17.3 Å². The van der Waals surface area contributed by atoms with E-state index in [1.165, 1.54) is 44.3 Å². The van der Waals surface area contributed by atoms with Gasteiger partial charge in [-0.15, -0.1) is 0 Å². The lowest BCUT2D eigenvalue weighted by molar-refractivity contribution is -0.385. The summed E-state index contributed by atoms with van der Waals surface area (Å²) in [6.45, 7) is 1.31. The molecule has 1 amide bonds. The zero-order chi connectivity index (χ0) is 20.8. The van der Waals surface area contributed by atoms with E-state index >= 15 is 0 Å². The number of carbonyl (C=O) groups excluding carboxylic acids is 2. The van der Waals surface area contributed by atoms with Crippen molar-refractivity contribution in [2.75, 3.05) is 17.7 Å². The first-order valence-electron chi connectivity index (χ1n) is 7.95. The van der Waals surface area contributed by atoms with Crippen LogP contribution in [0.5, 0.6) is 0 Å². The number of rotatable bonds is 7. The lowest BCUT2D eigenvalue weighted by Gasteiger charge is -2.15. The summed E-state index contributed by atoms with van der Waals surface area (Å²) in [7, 11) is 1.52. The summed E-state index contributed by atoms with van der Waals surface area (Å²) >= 11 is 0. The number of amides is 1. The van der Waals surface area contributed by atoms with Crippen LogP contribution in [0.15, 0.2) is 42.5 Å². The Labute approximate surface area is 158 Å². The third kappa shape index (κ3) is 4.78. The molecule has 146 valence electrons. The van der Waals surface area contributed by atoms with Gasteiger partial charge in [-0.1, -0.05) is 6.07 Å². The molecule has 0 spiro atoms. The summed E-state index contributed by atoms with van der Waals surface area (Å²) in [6, 6.07) is 8.88. The number of benzene rings is 2. The molecule has 2 aromatic rings. The SMILES string of the molecule is CNc1ccc([N+](=O)[O-])cc1C(=O)OC(C)C(=O)Nc1cccc([N+](=O)[O-])c1. The van der Waals surface area contributed by atoms with Gasteiger partial charge in [0.2, 0.25) is 0 Å². The van der Waals surface area contributed by atoms with E-state index in [-0.39, 0.29) is 22.6 Å². The molecule has 2 aromatic carbocycles. The maximum absolute atomic E-state index is 12.4. The van der Waals surface area contributed by atoms with Crippen molar-refractivity contribution in [3.63, 3.8) is 0 Å². The first-order chi connectivity index (χ1) is 13.2. The molecule has 1 atom stereocenters. The van der Waals surface area contributed by atoms with Crippen LogP contribution in [0.4, 0.5) is 22.7 Å². The third-order valence-corrected chi connectivity index (χ3v) is 3.68. The third-order valence-electron chi connectivity index (χ3n) is 3.68. The molecule has 0 fully saturated rings. The van der Waals surface area contributed by atoms with Crippen LogP contribution in [0.3, 0.4) is 0 Å². The van der Waals surface area contributed by atoms with Crippen LogP contribution in [0.1, 0.15) is 17.3 Å².